The molecule has 8 N–H and O–H groups in total. The van der Waals surface area contributed by atoms with E-state index in [0.717, 1.165) is 0 Å². The van der Waals surface area contributed by atoms with Gasteiger partial charge in [0, 0.05) is 0 Å². The highest BCUT2D eigenvalue weighted by Crippen LogP contribution is 2.10. The molecular weight excluding hydrogens is 458 g/mol. The van der Waals surface area contributed by atoms with Gasteiger partial charge in [-0.3, -0.25) is 14.4 Å². The van der Waals surface area contributed by atoms with Gasteiger partial charge in [-0.25, -0.2) is 4.79 Å². The fourth-order valence-electron chi connectivity index (χ4n) is 3.40. The largest absolute Gasteiger partial charge is 0.480 e. The van der Waals surface area contributed by atoms with Crippen LogP contribution in [-0.4, -0.2) is 71.5 Å². The van der Waals surface area contributed by atoms with Gasteiger partial charge in [0.15, 0.2) is 0 Å². The van der Waals surface area contributed by atoms with Gasteiger partial charge >= 0.3 is 5.97 Å². The van der Waals surface area contributed by atoms with E-state index in [0.29, 0.717) is 44.4 Å². The number of hydrogen-bond donors (Lipinski definition) is 6. The summed E-state index contributed by atoms with van der Waals surface area (Å²) in [4.78, 5) is 50.1. The Balaban J connectivity index is 5.40. The van der Waals surface area contributed by atoms with E-state index in [1.165, 1.54) is 11.8 Å². The normalized spacial score (nSPS) is 14.9. The molecule has 0 spiro atoms. The fraction of sp³-hybridized carbons (Fsp3) is 0.826. The molecule has 0 saturated heterocycles. The van der Waals surface area contributed by atoms with Gasteiger partial charge in [-0.2, -0.15) is 11.8 Å². The van der Waals surface area contributed by atoms with Crippen molar-refractivity contribution in [2.45, 2.75) is 90.4 Å². The molecule has 0 radical (unpaired) electrons. The van der Waals surface area contributed by atoms with Gasteiger partial charge in [-0.1, -0.05) is 27.7 Å². The Bertz CT molecular complexity index is 647. The number of rotatable bonds is 18. The minimum Gasteiger partial charge on any atom is -0.480 e. The maximum absolute atomic E-state index is 13.1. The number of carboxylic acids is 1. The molecule has 198 valence electrons. The number of carbonyl (C=O) groups is 4. The molecule has 0 bridgehead atoms. The summed E-state index contributed by atoms with van der Waals surface area (Å²) >= 11 is 1.53. The second kappa shape index (κ2) is 17.6. The maximum atomic E-state index is 13.1. The van der Waals surface area contributed by atoms with Crippen LogP contribution in [-0.2, 0) is 19.2 Å². The van der Waals surface area contributed by atoms with Crippen LogP contribution >= 0.6 is 11.8 Å². The van der Waals surface area contributed by atoms with Crippen molar-refractivity contribution in [1.82, 2.24) is 16.0 Å². The van der Waals surface area contributed by atoms with E-state index in [9.17, 15) is 24.3 Å². The first-order valence-electron chi connectivity index (χ1n) is 12.0. The molecule has 0 aromatic heterocycles. The number of aliphatic carboxylic acids is 1. The molecule has 0 heterocycles. The molecule has 4 unspecified atom stereocenters. The Morgan fingerprint density at radius 2 is 1.32 bits per heavy atom. The fourth-order valence-corrected chi connectivity index (χ4v) is 3.87. The Kier molecular flexibility index (Phi) is 16.6. The number of amides is 3. The molecule has 0 aliphatic heterocycles. The highest BCUT2D eigenvalue weighted by molar-refractivity contribution is 7.98. The Labute approximate surface area is 208 Å². The van der Waals surface area contributed by atoms with Gasteiger partial charge in [0.2, 0.25) is 17.7 Å². The van der Waals surface area contributed by atoms with Crippen LogP contribution in [0.3, 0.4) is 0 Å². The van der Waals surface area contributed by atoms with Crippen LogP contribution < -0.4 is 27.4 Å². The zero-order valence-electron chi connectivity index (χ0n) is 21.3. The SMILES string of the molecule is CSCCC(NC(=O)C(N)CC(C)C)C(=O)NC(CC(C)C)C(=O)NC(CCCCN)C(=O)O. The van der Waals surface area contributed by atoms with Gasteiger partial charge in [0.1, 0.15) is 18.1 Å². The second-order valence-corrected chi connectivity index (χ2v) is 10.4. The van der Waals surface area contributed by atoms with Crippen molar-refractivity contribution in [3.8, 4) is 0 Å². The first-order valence-corrected chi connectivity index (χ1v) is 13.4. The number of carboxylic acid groups (broad SMARTS) is 1. The van der Waals surface area contributed by atoms with E-state index in [1.807, 2.05) is 34.0 Å². The summed E-state index contributed by atoms with van der Waals surface area (Å²) in [7, 11) is 0. The van der Waals surface area contributed by atoms with E-state index in [-0.39, 0.29) is 18.3 Å². The number of carbonyl (C=O) groups excluding carboxylic acids is 3. The Morgan fingerprint density at radius 1 is 0.794 bits per heavy atom. The molecule has 0 aromatic carbocycles. The molecule has 34 heavy (non-hydrogen) atoms. The zero-order chi connectivity index (χ0) is 26.3. The smallest absolute Gasteiger partial charge is 0.326 e. The summed E-state index contributed by atoms with van der Waals surface area (Å²) in [6, 6.07) is -3.57. The number of unbranched alkanes of at least 4 members (excludes halogenated alkanes) is 1. The van der Waals surface area contributed by atoms with E-state index in [4.69, 9.17) is 11.5 Å². The third-order valence-corrected chi connectivity index (χ3v) is 5.85. The molecule has 11 heteroatoms. The summed E-state index contributed by atoms with van der Waals surface area (Å²) in [5.41, 5.74) is 11.4. The van der Waals surface area contributed by atoms with Crippen molar-refractivity contribution in [3.05, 3.63) is 0 Å². The number of nitrogens with two attached hydrogens (primary N) is 2. The molecule has 4 atom stereocenters. The van der Waals surface area contributed by atoms with Crippen molar-refractivity contribution in [2.24, 2.45) is 23.3 Å². The van der Waals surface area contributed by atoms with Crippen molar-refractivity contribution in [2.75, 3.05) is 18.6 Å². The predicted octanol–water partition coefficient (Wildman–Crippen LogP) is 0.827. The van der Waals surface area contributed by atoms with Crippen molar-refractivity contribution >= 4 is 35.5 Å². The van der Waals surface area contributed by atoms with Crippen LogP contribution in [0.1, 0.15) is 66.2 Å². The van der Waals surface area contributed by atoms with Crippen LogP contribution in [0.4, 0.5) is 0 Å². The van der Waals surface area contributed by atoms with Gasteiger partial charge in [0.05, 0.1) is 6.04 Å². The average Bonchev–Trinajstić information content (AvgIpc) is 2.74. The molecular formula is C23H45N5O5S. The summed E-state index contributed by atoms with van der Waals surface area (Å²) in [6.45, 7) is 8.16. The van der Waals surface area contributed by atoms with Crippen molar-refractivity contribution < 1.29 is 24.3 Å². The lowest BCUT2D eigenvalue weighted by molar-refractivity contribution is -0.142. The van der Waals surface area contributed by atoms with E-state index < -0.39 is 47.9 Å². The van der Waals surface area contributed by atoms with Crippen molar-refractivity contribution in [3.63, 3.8) is 0 Å². The molecule has 3 amide bonds. The minimum atomic E-state index is -1.13. The van der Waals surface area contributed by atoms with E-state index >= 15 is 0 Å². The molecule has 0 fully saturated rings. The maximum Gasteiger partial charge on any atom is 0.326 e. The monoisotopic (exact) mass is 503 g/mol. The standard InChI is InChI=1S/C23H45N5O5S/c1-14(2)12-16(25)20(29)26-17(9-11-34-5)21(30)28-19(13-15(3)4)22(31)27-18(23(32)33)8-6-7-10-24/h14-19H,6-13,24-25H2,1-5H3,(H,26,29)(H,27,31)(H,28,30)(H,32,33). The lowest BCUT2D eigenvalue weighted by Crippen LogP contribution is -2.57. The summed E-state index contributed by atoms with van der Waals surface area (Å²) in [5.74, 6) is -1.68. The summed E-state index contributed by atoms with van der Waals surface area (Å²) in [5, 5.41) is 17.5. The number of nitrogens with one attached hydrogen (secondary N) is 3. The first kappa shape index (κ1) is 32.1. The minimum absolute atomic E-state index is 0.0651. The topological polar surface area (TPSA) is 177 Å². The number of hydrogen-bond acceptors (Lipinski definition) is 7. The first-order chi connectivity index (χ1) is 15.9. The van der Waals surface area contributed by atoms with Gasteiger partial charge < -0.3 is 32.5 Å². The quantitative estimate of drug-likeness (QED) is 0.149. The van der Waals surface area contributed by atoms with Gasteiger partial charge in [0.25, 0.3) is 0 Å². The van der Waals surface area contributed by atoms with Gasteiger partial charge in [-0.15, -0.1) is 0 Å². The highest BCUT2D eigenvalue weighted by atomic mass is 32.2. The zero-order valence-corrected chi connectivity index (χ0v) is 22.1. The summed E-state index contributed by atoms with van der Waals surface area (Å²) < 4.78 is 0. The van der Waals surface area contributed by atoms with E-state index in [1.54, 1.807) is 0 Å². The Hall–Kier alpha value is -1.85. The lowest BCUT2D eigenvalue weighted by atomic mass is 10.0. The summed E-state index contributed by atoms with van der Waals surface area (Å²) in [6.07, 6.45) is 4.55. The predicted molar refractivity (Wildman–Crippen MR) is 136 cm³/mol. The van der Waals surface area contributed by atoms with Crippen LogP contribution in [0.15, 0.2) is 0 Å². The average molecular weight is 504 g/mol. The van der Waals surface area contributed by atoms with E-state index in [2.05, 4.69) is 16.0 Å². The third kappa shape index (κ3) is 13.8. The molecule has 0 aromatic rings. The van der Waals surface area contributed by atoms with Crippen LogP contribution in [0.25, 0.3) is 0 Å². The van der Waals surface area contributed by atoms with Crippen LogP contribution in [0.5, 0.6) is 0 Å². The second-order valence-electron chi connectivity index (χ2n) is 9.45. The van der Waals surface area contributed by atoms with Crippen LogP contribution in [0, 0.1) is 11.8 Å². The van der Waals surface area contributed by atoms with Crippen molar-refractivity contribution in [1.29, 1.82) is 0 Å². The Morgan fingerprint density at radius 3 is 1.82 bits per heavy atom. The molecule has 10 nitrogen and oxygen atoms in total. The van der Waals surface area contributed by atoms with Crippen LogP contribution in [0.2, 0.25) is 0 Å². The third-order valence-electron chi connectivity index (χ3n) is 5.21. The number of thioether (sulfide) groups is 1. The molecule has 0 rings (SSSR count). The van der Waals surface area contributed by atoms with Gasteiger partial charge in [-0.05, 0) is 68.9 Å². The molecule has 0 aliphatic carbocycles. The molecule has 0 saturated carbocycles. The highest BCUT2D eigenvalue weighted by Gasteiger charge is 2.30. The lowest BCUT2D eigenvalue weighted by Gasteiger charge is -2.26. The molecule has 0 aliphatic rings.